The van der Waals surface area contributed by atoms with E-state index < -0.39 is 0 Å². The summed E-state index contributed by atoms with van der Waals surface area (Å²) in [7, 11) is 0. The molecule has 1 heterocycles. The lowest BCUT2D eigenvalue weighted by Gasteiger charge is -2.39. The maximum Gasteiger partial charge on any atom is 0.139 e. The van der Waals surface area contributed by atoms with Gasteiger partial charge in [-0.1, -0.05) is 12.2 Å². The first kappa shape index (κ1) is 14.2. The van der Waals surface area contributed by atoms with Crippen molar-refractivity contribution in [2.24, 2.45) is 5.73 Å². The fourth-order valence-electron chi connectivity index (χ4n) is 2.60. The number of aryl methyl sites for hydroxylation is 2. The van der Waals surface area contributed by atoms with Crippen LogP contribution in [0.4, 0.5) is 5.82 Å². The lowest BCUT2D eigenvalue weighted by atomic mass is 9.91. The molecule has 0 atom stereocenters. The standard InChI is InChI=1S/C14H21N3OS/c1-9-8-10(2)16-14(12(9)13(15)19)17(6-7-18)11-4-3-5-11/h8,11,18H,3-7H2,1-2H3,(H2,15,19). The number of aliphatic hydroxyl groups excluding tert-OH is 1. The van der Waals surface area contributed by atoms with Gasteiger partial charge in [0.15, 0.2) is 0 Å². The van der Waals surface area contributed by atoms with E-state index in [9.17, 15) is 5.11 Å². The average Bonchev–Trinajstić information content (AvgIpc) is 2.24. The number of hydrogen-bond acceptors (Lipinski definition) is 4. The third kappa shape index (κ3) is 2.87. The van der Waals surface area contributed by atoms with Gasteiger partial charge in [0, 0.05) is 18.3 Å². The topological polar surface area (TPSA) is 62.4 Å². The highest BCUT2D eigenvalue weighted by molar-refractivity contribution is 7.80. The molecule has 1 saturated carbocycles. The number of nitrogens with zero attached hydrogens (tertiary/aromatic N) is 2. The zero-order valence-corrected chi connectivity index (χ0v) is 12.3. The van der Waals surface area contributed by atoms with Crippen LogP contribution in [-0.4, -0.2) is 34.3 Å². The van der Waals surface area contributed by atoms with E-state index in [4.69, 9.17) is 18.0 Å². The molecule has 1 aliphatic rings. The molecule has 0 amide bonds. The number of aromatic nitrogens is 1. The van der Waals surface area contributed by atoms with Gasteiger partial charge in [0.1, 0.15) is 10.8 Å². The van der Waals surface area contributed by atoms with E-state index in [1.54, 1.807) is 0 Å². The lowest BCUT2D eigenvalue weighted by Crippen LogP contribution is -2.43. The first-order valence-electron chi connectivity index (χ1n) is 6.70. The second-order valence-corrected chi connectivity index (χ2v) is 5.58. The number of thiocarbonyl (C=S) groups is 1. The molecular formula is C14H21N3OS. The van der Waals surface area contributed by atoms with Crippen LogP contribution in [0, 0.1) is 13.8 Å². The number of anilines is 1. The van der Waals surface area contributed by atoms with E-state index in [-0.39, 0.29) is 6.61 Å². The normalized spacial score (nSPS) is 15.1. The Morgan fingerprint density at radius 3 is 2.68 bits per heavy atom. The maximum absolute atomic E-state index is 9.30. The Morgan fingerprint density at radius 2 is 2.21 bits per heavy atom. The Balaban J connectivity index is 2.47. The largest absolute Gasteiger partial charge is 0.395 e. The molecule has 0 aliphatic heterocycles. The van der Waals surface area contributed by atoms with Crippen LogP contribution < -0.4 is 10.6 Å². The monoisotopic (exact) mass is 279 g/mol. The van der Waals surface area contributed by atoms with Gasteiger partial charge in [0.2, 0.25) is 0 Å². The van der Waals surface area contributed by atoms with Crippen molar-refractivity contribution in [3.63, 3.8) is 0 Å². The van der Waals surface area contributed by atoms with Crippen molar-refractivity contribution in [3.8, 4) is 0 Å². The van der Waals surface area contributed by atoms with Crippen molar-refractivity contribution < 1.29 is 5.11 Å². The highest BCUT2D eigenvalue weighted by atomic mass is 32.1. The van der Waals surface area contributed by atoms with E-state index >= 15 is 0 Å². The summed E-state index contributed by atoms with van der Waals surface area (Å²) in [5, 5.41) is 9.30. The molecule has 3 N–H and O–H groups in total. The van der Waals surface area contributed by atoms with Gasteiger partial charge in [-0.3, -0.25) is 0 Å². The van der Waals surface area contributed by atoms with E-state index in [0.717, 1.165) is 35.5 Å². The van der Waals surface area contributed by atoms with Crippen LogP contribution in [0.5, 0.6) is 0 Å². The van der Waals surface area contributed by atoms with Crippen molar-refractivity contribution in [3.05, 3.63) is 22.9 Å². The minimum atomic E-state index is 0.113. The molecule has 0 saturated heterocycles. The second-order valence-electron chi connectivity index (χ2n) is 5.15. The van der Waals surface area contributed by atoms with Gasteiger partial charge in [-0.05, 0) is 44.7 Å². The van der Waals surface area contributed by atoms with Crippen LogP contribution in [0.1, 0.15) is 36.1 Å². The summed E-state index contributed by atoms with van der Waals surface area (Å²) in [6, 6.07) is 2.45. The van der Waals surface area contributed by atoms with Crippen LogP contribution >= 0.6 is 12.2 Å². The van der Waals surface area contributed by atoms with Crippen LogP contribution in [-0.2, 0) is 0 Å². The van der Waals surface area contributed by atoms with Crippen LogP contribution in [0.15, 0.2) is 6.07 Å². The predicted octanol–water partition coefficient (Wildman–Crippen LogP) is 1.68. The Morgan fingerprint density at radius 1 is 1.53 bits per heavy atom. The maximum atomic E-state index is 9.30. The molecule has 0 bridgehead atoms. The minimum absolute atomic E-state index is 0.113. The Hall–Kier alpha value is -1.20. The van der Waals surface area contributed by atoms with E-state index in [0.29, 0.717) is 17.6 Å². The zero-order chi connectivity index (χ0) is 14.0. The van der Waals surface area contributed by atoms with E-state index in [2.05, 4.69) is 9.88 Å². The Labute approximate surface area is 119 Å². The minimum Gasteiger partial charge on any atom is -0.395 e. The average molecular weight is 279 g/mol. The van der Waals surface area contributed by atoms with Crippen LogP contribution in [0.25, 0.3) is 0 Å². The van der Waals surface area contributed by atoms with Gasteiger partial charge < -0.3 is 15.7 Å². The molecule has 5 heteroatoms. The molecule has 1 aliphatic carbocycles. The number of pyridine rings is 1. The highest BCUT2D eigenvalue weighted by Crippen LogP contribution is 2.31. The molecule has 19 heavy (non-hydrogen) atoms. The smallest absolute Gasteiger partial charge is 0.139 e. The summed E-state index contributed by atoms with van der Waals surface area (Å²) in [6.07, 6.45) is 3.52. The number of rotatable bonds is 5. The fraction of sp³-hybridized carbons (Fsp3) is 0.571. The molecule has 104 valence electrons. The molecule has 4 nitrogen and oxygen atoms in total. The first-order valence-corrected chi connectivity index (χ1v) is 7.11. The number of hydrogen-bond donors (Lipinski definition) is 2. The van der Waals surface area contributed by atoms with Crippen LogP contribution in [0.3, 0.4) is 0 Å². The number of nitrogens with two attached hydrogens (primary N) is 1. The zero-order valence-electron chi connectivity index (χ0n) is 11.5. The third-order valence-electron chi connectivity index (χ3n) is 3.70. The van der Waals surface area contributed by atoms with E-state index in [1.807, 2.05) is 19.9 Å². The summed E-state index contributed by atoms with van der Waals surface area (Å²) in [5.74, 6) is 0.837. The molecule has 1 aromatic rings. The second kappa shape index (κ2) is 5.84. The van der Waals surface area contributed by atoms with Gasteiger partial charge in [-0.2, -0.15) is 0 Å². The highest BCUT2D eigenvalue weighted by Gasteiger charge is 2.28. The summed E-state index contributed by atoms with van der Waals surface area (Å²) in [4.78, 5) is 7.17. The summed E-state index contributed by atoms with van der Waals surface area (Å²) in [6.45, 7) is 4.67. The summed E-state index contributed by atoms with van der Waals surface area (Å²) >= 11 is 5.17. The molecule has 0 unspecified atom stereocenters. The first-order chi connectivity index (χ1) is 9.04. The molecule has 0 radical (unpaired) electrons. The molecule has 1 fully saturated rings. The quantitative estimate of drug-likeness (QED) is 0.803. The van der Waals surface area contributed by atoms with Gasteiger partial charge in [-0.15, -0.1) is 0 Å². The third-order valence-corrected chi connectivity index (χ3v) is 3.90. The summed E-state index contributed by atoms with van der Waals surface area (Å²) < 4.78 is 0. The van der Waals surface area contributed by atoms with Gasteiger partial charge in [0.05, 0.1) is 12.2 Å². The molecule has 0 spiro atoms. The Kier molecular flexibility index (Phi) is 4.37. The predicted molar refractivity (Wildman–Crippen MR) is 81.7 cm³/mol. The van der Waals surface area contributed by atoms with Crippen molar-refractivity contribution >= 4 is 23.0 Å². The molecular weight excluding hydrogens is 258 g/mol. The molecule has 1 aromatic heterocycles. The molecule has 0 aromatic carbocycles. The van der Waals surface area contributed by atoms with Crippen molar-refractivity contribution in [1.29, 1.82) is 0 Å². The van der Waals surface area contributed by atoms with E-state index in [1.165, 1.54) is 6.42 Å². The summed E-state index contributed by atoms with van der Waals surface area (Å²) in [5.41, 5.74) is 8.72. The molecule has 2 rings (SSSR count). The van der Waals surface area contributed by atoms with Crippen molar-refractivity contribution in [1.82, 2.24) is 4.98 Å². The Bertz CT molecular complexity index is 486. The van der Waals surface area contributed by atoms with Gasteiger partial charge in [-0.25, -0.2) is 4.98 Å². The van der Waals surface area contributed by atoms with Gasteiger partial charge in [0.25, 0.3) is 0 Å². The van der Waals surface area contributed by atoms with Crippen LogP contribution in [0.2, 0.25) is 0 Å². The number of aliphatic hydroxyl groups is 1. The fourth-order valence-corrected chi connectivity index (χ4v) is 2.85. The SMILES string of the molecule is Cc1cc(C)c(C(N)=S)c(N(CCO)C2CCC2)n1. The van der Waals surface area contributed by atoms with Crippen molar-refractivity contribution in [2.45, 2.75) is 39.2 Å². The van der Waals surface area contributed by atoms with Crippen molar-refractivity contribution in [2.75, 3.05) is 18.1 Å². The van der Waals surface area contributed by atoms with Gasteiger partial charge >= 0.3 is 0 Å². The lowest BCUT2D eigenvalue weighted by molar-refractivity contribution is 0.283.